The van der Waals surface area contributed by atoms with Gasteiger partial charge < -0.3 is 88.2 Å². The predicted molar refractivity (Wildman–Crippen MR) is 228 cm³/mol. The van der Waals surface area contributed by atoms with Gasteiger partial charge in [0.15, 0.2) is 25.2 Å². The lowest BCUT2D eigenvalue weighted by Gasteiger charge is -2.66. The van der Waals surface area contributed by atoms with Crippen molar-refractivity contribution < 1.29 is 93.0 Å². The number of hydrogen-bond donors (Lipinski definition) is 8. The minimum absolute atomic E-state index is 0.0256. The number of ketones is 1. The lowest BCUT2D eigenvalue weighted by molar-refractivity contribution is -0.354. The second kappa shape index (κ2) is 19.0. The second-order valence-corrected chi connectivity index (χ2v) is 21.2. The van der Waals surface area contributed by atoms with Crippen LogP contribution >= 0.6 is 0 Å². The van der Waals surface area contributed by atoms with Crippen LogP contribution in [0.3, 0.4) is 0 Å². The van der Waals surface area contributed by atoms with Crippen molar-refractivity contribution >= 4 is 5.78 Å². The number of carbonyl (C=O) groups is 1. The molecule has 0 spiro atoms. The third-order valence-corrected chi connectivity index (χ3v) is 17.5. The average Bonchev–Trinajstić information content (AvgIpc) is 3.48. The van der Waals surface area contributed by atoms with Crippen molar-refractivity contribution in [2.24, 2.45) is 22.7 Å². The lowest BCUT2D eigenvalue weighted by atomic mass is 9.42. The van der Waals surface area contributed by atoms with Gasteiger partial charge in [0.1, 0.15) is 53.6 Å². The molecule has 19 heteroatoms. The van der Waals surface area contributed by atoms with Crippen LogP contribution in [-0.4, -0.2) is 195 Å². The molecule has 26 atom stereocenters. The molecule has 0 aromatic heterocycles. The zero-order valence-electron chi connectivity index (χ0n) is 39.7. The van der Waals surface area contributed by atoms with Crippen LogP contribution < -0.4 is 0 Å². The van der Waals surface area contributed by atoms with E-state index in [1.807, 2.05) is 26.8 Å². The molecule has 3 saturated carbocycles. The Bertz CT molecular complexity index is 1730. The van der Waals surface area contributed by atoms with Crippen LogP contribution in [0.15, 0.2) is 11.6 Å². The zero-order valence-corrected chi connectivity index (χ0v) is 39.7. The van der Waals surface area contributed by atoms with E-state index in [0.29, 0.717) is 19.3 Å². The van der Waals surface area contributed by atoms with Crippen molar-refractivity contribution in [2.75, 3.05) is 14.2 Å². The molecule has 66 heavy (non-hydrogen) atoms. The molecular weight excluding hydrogens is 868 g/mol. The third-order valence-electron chi connectivity index (χ3n) is 17.5. The molecule has 8 N–H and O–H groups in total. The van der Waals surface area contributed by atoms with Gasteiger partial charge >= 0.3 is 0 Å². The standard InChI is InChI=1S/C47H76O19/c1-20(48)27-15-33(52)47(56)45(27,7)32(51)19-31-44(6)12-11-26(14-25(44)10-13-46(31,47)55)63-34-16-28(49)39(22(3)59-34)64-36-18-30(57-8)41(24(5)61-36)65-35-17-29(50)40(23(4)60-35)66-43-38(54)42(58-9)37(53)21(2)62-43/h10,21-24,26-43,49-56H,11-19H2,1-9H3/t21-,22-,23-,24-,26+,27+,28+,29-,30+,31-,32-,33-,34+,35+,36+,37-,38-,39-,40-,41-,42+,43+,44+,45+,46+,47-/m1/s1. The molecule has 4 aliphatic heterocycles. The summed E-state index contributed by atoms with van der Waals surface area (Å²) in [5.74, 6) is -1.60. The Morgan fingerprint density at radius 2 is 1.24 bits per heavy atom. The molecule has 378 valence electrons. The summed E-state index contributed by atoms with van der Waals surface area (Å²) in [6, 6.07) is 0. The first-order valence-corrected chi connectivity index (χ1v) is 24.0. The quantitative estimate of drug-likeness (QED) is 0.131. The van der Waals surface area contributed by atoms with Crippen molar-refractivity contribution in [3.05, 3.63) is 11.6 Å². The maximum absolute atomic E-state index is 12.7. The summed E-state index contributed by atoms with van der Waals surface area (Å²) in [5, 5.41) is 91.6. The monoisotopic (exact) mass is 944 g/mol. The van der Waals surface area contributed by atoms with Crippen molar-refractivity contribution in [3.63, 3.8) is 0 Å². The van der Waals surface area contributed by atoms with E-state index in [-0.39, 0.29) is 50.4 Å². The zero-order chi connectivity index (χ0) is 48.0. The predicted octanol–water partition coefficient (Wildman–Crippen LogP) is 0.490. The molecule has 0 aromatic carbocycles. The van der Waals surface area contributed by atoms with E-state index >= 15 is 0 Å². The lowest BCUT2D eigenvalue weighted by Crippen LogP contribution is -2.78. The average molecular weight is 945 g/mol. The molecule has 0 unspecified atom stereocenters. The molecule has 4 aliphatic carbocycles. The fraction of sp³-hybridized carbons (Fsp3) is 0.936. The van der Waals surface area contributed by atoms with Crippen LogP contribution in [-0.2, 0) is 52.2 Å². The molecule has 0 amide bonds. The van der Waals surface area contributed by atoms with E-state index in [1.54, 1.807) is 27.9 Å². The van der Waals surface area contributed by atoms with Gasteiger partial charge in [0.2, 0.25) is 0 Å². The number of fused-ring (bicyclic) bond motifs is 5. The van der Waals surface area contributed by atoms with Crippen molar-refractivity contribution in [1.29, 1.82) is 0 Å². The summed E-state index contributed by atoms with van der Waals surface area (Å²) in [6.07, 6.45) is -12.6. The normalized spacial score (nSPS) is 55.3. The fourth-order valence-electron chi connectivity index (χ4n) is 13.7. The van der Waals surface area contributed by atoms with Crippen LogP contribution in [0.2, 0.25) is 0 Å². The molecule has 8 aliphatic rings. The highest BCUT2D eigenvalue weighted by Crippen LogP contribution is 2.69. The Labute approximate surface area is 386 Å². The highest BCUT2D eigenvalue weighted by Gasteiger charge is 2.79. The first kappa shape index (κ1) is 51.1. The highest BCUT2D eigenvalue weighted by atomic mass is 16.8. The van der Waals surface area contributed by atoms with Crippen molar-refractivity contribution in [3.8, 4) is 0 Å². The number of hydrogen-bond acceptors (Lipinski definition) is 19. The van der Waals surface area contributed by atoms with Gasteiger partial charge in [-0.05, 0) is 78.6 Å². The highest BCUT2D eigenvalue weighted by molar-refractivity contribution is 5.80. The summed E-state index contributed by atoms with van der Waals surface area (Å²) >= 11 is 0. The van der Waals surface area contributed by atoms with Crippen molar-refractivity contribution in [2.45, 2.75) is 240 Å². The molecule has 7 fully saturated rings. The van der Waals surface area contributed by atoms with Gasteiger partial charge in [0, 0.05) is 50.7 Å². The number of aliphatic hydroxyl groups excluding tert-OH is 6. The Kier molecular flexibility index (Phi) is 14.7. The van der Waals surface area contributed by atoms with Gasteiger partial charge in [0.05, 0.1) is 61.0 Å². The van der Waals surface area contributed by atoms with Crippen LogP contribution in [0, 0.1) is 22.7 Å². The largest absolute Gasteiger partial charge is 0.392 e. The number of methoxy groups -OCH3 is 2. The maximum Gasteiger partial charge on any atom is 0.187 e. The molecule has 0 bridgehead atoms. The second-order valence-electron chi connectivity index (χ2n) is 21.2. The Morgan fingerprint density at radius 3 is 1.83 bits per heavy atom. The molecule has 0 aromatic rings. The molecule has 4 saturated heterocycles. The number of rotatable bonds is 11. The number of ether oxygens (including phenoxy) is 10. The SMILES string of the molecule is CO[C@@H]1[C@@H](O)[C@H](O[C@H]2[C@H](O)C[C@H](O[C@H]3[C@@H](OC)C[C@H](O[C@H]4[C@@H](O)C[C@H](O[C@H]5CC[C@@]6(C)C(=CC[C@]7(O)[C@@H]6C[C@@H](O)[C@]6(C)[C@H](C(C)=O)C[C@@H](O)[C@@]67O)C5)O[C@@H]4C)O[C@@H]3C)O[C@@H]2C)O[C@H](C)[C@H]1O. The van der Waals surface area contributed by atoms with Gasteiger partial charge in [-0.3, -0.25) is 4.79 Å². The summed E-state index contributed by atoms with van der Waals surface area (Å²) in [7, 11) is 2.94. The summed E-state index contributed by atoms with van der Waals surface area (Å²) < 4.78 is 60.9. The number of aliphatic hydroxyl groups is 8. The third kappa shape index (κ3) is 8.38. The van der Waals surface area contributed by atoms with Crippen LogP contribution in [0.5, 0.6) is 0 Å². The number of carbonyl (C=O) groups excluding carboxylic acids is 1. The molecule has 4 heterocycles. The topological polar surface area (TPSA) is 271 Å². The van der Waals surface area contributed by atoms with Crippen molar-refractivity contribution in [1.82, 2.24) is 0 Å². The Morgan fingerprint density at radius 1 is 0.667 bits per heavy atom. The van der Waals surface area contributed by atoms with E-state index in [4.69, 9.17) is 47.4 Å². The van der Waals surface area contributed by atoms with Gasteiger partial charge in [0.25, 0.3) is 0 Å². The number of Topliss-reactive ketones (excluding diaryl/α,β-unsaturated/α-hetero) is 1. The van der Waals surface area contributed by atoms with E-state index in [9.17, 15) is 45.6 Å². The van der Waals surface area contributed by atoms with E-state index in [0.717, 1.165) is 5.57 Å². The first-order valence-electron chi connectivity index (χ1n) is 24.0. The fourth-order valence-corrected chi connectivity index (χ4v) is 13.7. The smallest absolute Gasteiger partial charge is 0.187 e. The van der Waals surface area contributed by atoms with Gasteiger partial charge in [-0.25, -0.2) is 0 Å². The Hall–Kier alpha value is -1.31. The maximum atomic E-state index is 12.7. The van der Waals surface area contributed by atoms with E-state index in [1.165, 1.54) is 14.0 Å². The van der Waals surface area contributed by atoms with E-state index < -0.39 is 151 Å². The van der Waals surface area contributed by atoms with E-state index in [2.05, 4.69) is 0 Å². The van der Waals surface area contributed by atoms with Crippen LogP contribution in [0.4, 0.5) is 0 Å². The van der Waals surface area contributed by atoms with Crippen LogP contribution in [0.1, 0.15) is 106 Å². The summed E-state index contributed by atoms with van der Waals surface area (Å²) in [4.78, 5) is 12.7. The van der Waals surface area contributed by atoms with Gasteiger partial charge in [-0.2, -0.15) is 0 Å². The van der Waals surface area contributed by atoms with Crippen LogP contribution in [0.25, 0.3) is 0 Å². The Balaban J connectivity index is 0.832. The minimum atomic E-state index is -2.09. The molecule has 0 radical (unpaired) electrons. The molecule has 8 rings (SSSR count). The summed E-state index contributed by atoms with van der Waals surface area (Å²) in [6.45, 7) is 12.1. The molecular formula is C47H76O19. The summed E-state index contributed by atoms with van der Waals surface area (Å²) in [5.41, 5.74) is -4.84. The molecule has 19 nitrogen and oxygen atoms in total. The van der Waals surface area contributed by atoms with Gasteiger partial charge in [-0.15, -0.1) is 0 Å². The first-order chi connectivity index (χ1) is 31.0. The minimum Gasteiger partial charge on any atom is -0.392 e. The van der Waals surface area contributed by atoms with Gasteiger partial charge in [-0.1, -0.05) is 25.5 Å².